The van der Waals surface area contributed by atoms with E-state index in [9.17, 15) is 9.59 Å². The molecule has 1 heterocycles. The average molecular weight is 331 g/mol. The number of carbonyl (C=O) groups is 2. The maximum atomic E-state index is 12.3. The van der Waals surface area contributed by atoms with Crippen molar-refractivity contribution in [1.82, 2.24) is 4.90 Å². The largest absolute Gasteiger partial charge is 0.466 e. The van der Waals surface area contributed by atoms with Crippen molar-refractivity contribution in [2.75, 3.05) is 19.7 Å². The number of likely N-dealkylation sites (tertiary alicyclic amines) is 1. The third kappa shape index (κ3) is 3.25. The van der Waals surface area contributed by atoms with Gasteiger partial charge < -0.3 is 14.4 Å². The summed E-state index contributed by atoms with van der Waals surface area (Å²) in [5, 5.41) is 0. The highest BCUT2D eigenvalue weighted by Gasteiger charge is 2.60. The van der Waals surface area contributed by atoms with Gasteiger partial charge in [0.15, 0.2) is 0 Å². The average Bonchev–Trinajstić information content (AvgIpc) is 3.30. The van der Waals surface area contributed by atoms with E-state index in [1.54, 1.807) is 4.90 Å². The first-order valence-corrected chi connectivity index (χ1v) is 8.69. The summed E-state index contributed by atoms with van der Waals surface area (Å²) in [6.45, 7) is 5.84. The van der Waals surface area contributed by atoms with E-state index in [0.29, 0.717) is 19.7 Å². The van der Waals surface area contributed by atoms with Crippen molar-refractivity contribution < 1.29 is 19.1 Å². The van der Waals surface area contributed by atoms with E-state index < -0.39 is 0 Å². The molecule has 1 aromatic rings. The van der Waals surface area contributed by atoms with Crippen molar-refractivity contribution in [2.24, 2.45) is 17.3 Å². The molecule has 0 unspecified atom stereocenters. The topological polar surface area (TPSA) is 55.8 Å². The monoisotopic (exact) mass is 331 g/mol. The van der Waals surface area contributed by atoms with E-state index in [1.165, 1.54) is 0 Å². The second kappa shape index (κ2) is 6.83. The lowest BCUT2D eigenvalue weighted by atomic mass is 9.82. The Morgan fingerprint density at radius 2 is 1.88 bits per heavy atom. The van der Waals surface area contributed by atoms with Gasteiger partial charge in [-0.05, 0) is 37.2 Å². The Kier molecular flexibility index (Phi) is 4.78. The molecule has 5 heteroatoms. The van der Waals surface area contributed by atoms with Crippen LogP contribution >= 0.6 is 0 Å². The van der Waals surface area contributed by atoms with Crippen LogP contribution in [0.4, 0.5) is 4.79 Å². The zero-order valence-corrected chi connectivity index (χ0v) is 14.4. The van der Waals surface area contributed by atoms with Gasteiger partial charge in [-0.2, -0.15) is 0 Å². The predicted octanol–water partition coefficient (Wildman–Crippen LogP) is 3.23. The first kappa shape index (κ1) is 16.8. The van der Waals surface area contributed by atoms with Crippen molar-refractivity contribution >= 4 is 12.1 Å². The zero-order chi connectivity index (χ0) is 17.2. The number of carbonyl (C=O) groups excluding carboxylic acids is 2. The minimum absolute atomic E-state index is 0.0960. The summed E-state index contributed by atoms with van der Waals surface area (Å²) < 4.78 is 10.7. The lowest BCUT2D eigenvalue weighted by molar-refractivity contribution is -0.152. The van der Waals surface area contributed by atoms with Crippen LogP contribution in [0.5, 0.6) is 0 Å². The molecule has 1 saturated heterocycles. The standard InChI is InChI=1S/C19H25NO4/c1-3-23-17(21)19(9-10-19)16-12-20(11-14(16)2)18(22)24-13-15-7-5-4-6-8-15/h4-8,14,16H,3,9-13H2,1-2H3/t14-,16-/m0/s1. The number of nitrogens with zero attached hydrogens (tertiary/aromatic N) is 1. The molecule has 0 spiro atoms. The molecule has 5 nitrogen and oxygen atoms in total. The minimum Gasteiger partial charge on any atom is -0.466 e. The summed E-state index contributed by atoms with van der Waals surface area (Å²) in [5.74, 6) is 0.350. The highest BCUT2D eigenvalue weighted by atomic mass is 16.6. The molecule has 1 aliphatic heterocycles. The molecular formula is C19H25NO4. The molecular weight excluding hydrogens is 306 g/mol. The lowest BCUT2D eigenvalue weighted by Gasteiger charge is -2.24. The highest BCUT2D eigenvalue weighted by molar-refractivity contribution is 5.80. The summed E-state index contributed by atoms with van der Waals surface area (Å²) >= 11 is 0. The van der Waals surface area contributed by atoms with Crippen molar-refractivity contribution in [3.8, 4) is 0 Å². The van der Waals surface area contributed by atoms with Crippen molar-refractivity contribution in [3.63, 3.8) is 0 Å². The molecule has 130 valence electrons. The molecule has 0 bridgehead atoms. The predicted molar refractivity (Wildman–Crippen MR) is 89.2 cm³/mol. The number of hydrogen-bond acceptors (Lipinski definition) is 4. The third-order valence-electron chi connectivity index (χ3n) is 5.26. The molecule has 1 aliphatic carbocycles. The summed E-state index contributed by atoms with van der Waals surface area (Å²) in [7, 11) is 0. The maximum absolute atomic E-state index is 12.3. The second-order valence-electron chi connectivity index (χ2n) is 6.91. The molecule has 2 aliphatic rings. The van der Waals surface area contributed by atoms with Gasteiger partial charge in [0.1, 0.15) is 6.61 Å². The fraction of sp³-hybridized carbons (Fsp3) is 0.579. The Bertz CT molecular complexity index is 597. The van der Waals surface area contributed by atoms with Gasteiger partial charge in [-0.15, -0.1) is 0 Å². The summed E-state index contributed by atoms with van der Waals surface area (Å²) in [4.78, 5) is 26.4. The molecule has 3 rings (SSSR count). The first-order valence-electron chi connectivity index (χ1n) is 8.69. The second-order valence-corrected chi connectivity index (χ2v) is 6.91. The summed E-state index contributed by atoms with van der Waals surface area (Å²) in [5.41, 5.74) is 0.601. The molecule has 24 heavy (non-hydrogen) atoms. The van der Waals surface area contributed by atoms with E-state index in [0.717, 1.165) is 18.4 Å². The third-order valence-corrected chi connectivity index (χ3v) is 5.26. The van der Waals surface area contributed by atoms with Crippen molar-refractivity contribution in [2.45, 2.75) is 33.3 Å². The normalized spacial score (nSPS) is 24.5. The fourth-order valence-corrected chi connectivity index (χ4v) is 3.78. The number of ether oxygens (including phenoxy) is 2. The van der Waals surface area contributed by atoms with Crippen LogP contribution in [0.1, 0.15) is 32.3 Å². The molecule has 1 aromatic carbocycles. The molecule has 1 amide bonds. The van der Waals surface area contributed by atoms with Gasteiger partial charge in [-0.1, -0.05) is 37.3 Å². The van der Waals surface area contributed by atoms with Crippen LogP contribution in [0.15, 0.2) is 30.3 Å². The van der Waals surface area contributed by atoms with Crippen LogP contribution in [-0.2, 0) is 20.9 Å². The van der Waals surface area contributed by atoms with Gasteiger partial charge in [0.2, 0.25) is 0 Å². The number of esters is 1. The van der Waals surface area contributed by atoms with Gasteiger partial charge in [0.25, 0.3) is 0 Å². The van der Waals surface area contributed by atoms with Crippen LogP contribution in [0.25, 0.3) is 0 Å². The Morgan fingerprint density at radius 1 is 1.17 bits per heavy atom. The Labute approximate surface area is 142 Å². The van der Waals surface area contributed by atoms with Crippen molar-refractivity contribution in [3.05, 3.63) is 35.9 Å². The molecule has 2 fully saturated rings. The lowest BCUT2D eigenvalue weighted by Crippen LogP contribution is -2.34. The zero-order valence-electron chi connectivity index (χ0n) is 14.4. The number of hydrogen-bond donors (Lipinski definition) is 0. The fourth-order valence-electron chi connectivity index (χ4n) is 3.78. The quantitative estimate of drug-likeness (QED) is 0.777. The number of rotatable bonds is 5. The van der Waals surface area contributed by atoms with E-state index in [4.69, 9.17) is 9.47 Å². The maximum Gasteiger partial charge on any atom is 0.410 e. The Balaban J connectivity index is 1.57. The smallest absolute Gasteiger partial charge is 0.410 e. The van der Waals surface area contributed by atoms with E-state index in [1.807, 2.05) is 37.3 Å². The summed E-state index contributed by atoms with van der Waals surface area (Å²) in [6.07, 6.45) is 1.44. The van der Waals surface area contributed by atoms with Gasteiger partial charge in [-0.3, -0.25) is 4.79 Å². The van der Waals surface area contributed by atoms with E-state index in [2.05, 4.69) is 6.92 Å². The SMILES string of the molecule is CCOC(=O)C1([C@H]2CN(C(=O)OCc3ccccc3)C[C@@H]2C)CC1. The highest BCUT2D eigenvalue weighted by Crippen LogP contribution is 2.57. The van der Waals surface area contributed by atoms with Gasteiger partial charge in [-0.25, -0.2) is 4.79 Å². The molecule has 0 aromatic heterocycles. The van der Waals surface area contributed by atoms with Crippen LogP contribution in [0, 0.1) is 17.3 Å². The molecule has 0 N–H and O–H groups in total. The first-order chi connectivity index (χ1) is 11.6. The minimum atomic E-state index is -0.371. The van der Waals surface area contributed by atoms with Crippen molar-refractivity contribution in [1.29, 1.82) is 0 Å². The van der Waals surface area contributed by atoms with Crippen LogP contribution in [-0.4, -0.2) is 36.7 Å². The molecule has 1 saturated carbocycles. The van der Waals surface area contributed by atoms with Crippen LogP contribution in [0.3, 0.4) is 0 Å². The summed E-state index contributed by atoms with van der Waals surface area (Å²) in [6, 6.07) is 9.65. The number of benzene rings is 1. The molecule has 0 radical (unpaired) electrons. The van der Waals surface area contributed by atoms with Crippen LogP contribution in [0.2, 0.25) is 0 Å². The molecule has 2 atom stereocenters. The Morgan fingerprint density at radius 3 is 2.50 bits per heavy atom. The Hall–Kier alpha value is -2.04. The number of amides is 1. The van der Waals surface area contributed by atoms with E-state index >= 15 is 0 Å². The van der Waals surface area contributed by atoms with Gasteiger partial charge in [0.05, 0.1) is 12.0 Å². The van der Waals surface area contributed by atoms with Gasteiger partial charge >= 0.3 is 12.1 Å². The van der Waals surface area contributed by atoms with Gasteiger partial charge in [0, 0.05) is 13.1 Å². The van der Waals surface area contributed by atoms with E-state index in [-0.39, 0.29) is 35.9 Å². The van der Waals surface area contributed by atoms with Crippen LogP contribution < -0.4 is 0 Å².